The number of aryl methyl sites for hydroxylation is 2. The van der Waals surface area contributed by atoms with Gasteiger partial charge in [0.25, 0.3) is 5.91 Å². The first-order valence-corrected chi connectivity index (χ1v) is 6.31. The highest BCUT2D eigenvalue weighted by Gasteiger charge is 2.12. The zero-order valence-corrected chi connectivity index (χ0v) is 12.0. The Bertz CT molecular complexity index is 681. The first-order valence-electron chi connectivity index (χ1n) is 6.31. The highest BCUT2D eigenvalue weighted by Crippen LogP contribution is 2.13. The molecule has 0 radical (unpaired) electrons. The van der Waals surface area contributed by atoms with Crippen LogP contribution < -0.4 is 5.32 Å². The van der Waals surface area contributed by atoms with Gasteiger partial charge in [0.2, 0.25) is 0 Å². The summed E-state index contributed by atoms with van der Waals surface area (Å²) >= 11 is 0. The van der Waals surface area contributed by atoms with Gasteiger partial charge >= 0.3 is 5.97 Å². The predicted octanol–water partition coefficient (Wildman–Crippen LogP) is 2.13. The third-order valence-electron chi connectivity index (χ3n) is 2.91. The second-order valence-corrected chi connectivity index (χ2v) is 4.44. The quantitative estimate of drug-likeness (QED) is 0.874. The van der Waals surface area contributed by atoms with E-state index in [1.807, 2.05) is 0 Å². The number of anilines is 1. The average molecular weight is 285 g/mol. The molecule has 0 aliphatic carbocycles. The third-order valence-corrected chi connectivity index (χ3v) is 2.91. The van der Waals surface area contributed by atoms with Gasteiger partial charge in [0.05, 0.1) is 23.9 Å². The van der Waals surface area contributed by atoms with Crippen LogP contribution in [0.15, 0.2) is 30.5 Å². The molecule has 0 atom stereocenters. The minimum absolute atomic E-state index is 0.293. The number of hydrogen-bond donors (Lipinski definition) is 1. The summed E-state index contributed by atoms with van der Waals surface area (Å²) in [5, 5.41) is 2.73. The number of aromatic nitrogens is 2. The summed E-state index contributed by atoms with van der Waals surface area (Å²) < 4.78 is 4.61. The molecule has 0 unspecified atom stereocenters. The van der Waals surface area contributed by atoms with E-state index in [-0.39, 0.29) is 5.91 Å². The Morgan fingerprint density at radius 1 is 1.14 bits per heavy atom. The second-order valence-electron chi connectivity index (χ2n) is 4.44. The van der Waals surface area contributed by atoms with Crippen molar-refractivity contribution in [3.63, 3.8) is 0 Å². The Labute approximate surface area is 122 Å². The minimum atomic E-state index is -0.421. The van der Waals surface area contributed by atoms with E-state index < -0.39 is 5.97 Å². The number of nitrogens with zero attached hydrogens (tertiary/aromatic N) is 2. The molecule has 1 aromatic heterocycles. The van der Waals surface area contributed by atoms with Gasteiger partial charge in [-0.3, -0.25) is 4.79 Å². The number of rotatable bonds is 3. The molecule has 2 aromatic rings. The molecule has 0 fully saturated rings. The predicted molar refractivity (Wildman–Crippen MR) is 77.2 cm³/mol. The number of amides is 1. The fourth-order valence-corrected chi connectivity index (χ4v) is 1.81. The molecule has 21 heavy (non-hydrogen) atoms. The molecule has 1 N–H and O–H groups in total. The van der Waals surface area contributed by atoms with Crippen molar-refractivity contribution >= 4 is 17.6 Å². The molecular formula is C15H15N3O3. The molecule has 0 aliphatic heterocycles. The summed E-state index contributed by atoms with van der Waals surface area (Å²) in [6, 6.07) is 6.43. The maximum atomic E-state index is 12.1. The Balaban J connectivity index is 2.14. The van der Waals surface area contributed by atoms with Crippen LogP contribution in [-0.4, -0.2) is 29.0 Å². The van der Waals surface area contributed by atoms with E-state index in [9.17, 15) is 9.59 Å². The number of esters is 1. The number of carbonyl (C=O) groups excluding carboxylic acids is 2. The van der Waals surface area contributed by atoms with Gasteiger partial charge in [-0.2, -0.15) is 0 Å². The molecule has 0 spiro atoms. The van der Waals surface area contributed by atoms with Crippen molar-refractivity contribution in [1.29, 1.82) is 0 Å². The van der Waals surface area contributed by atoms with Crippen molar-refractivity contribution in [2.75, 3.05) is 12.4 Å². The van der Waals surface area contributed by atoms with Crippen molar-refractivity contribution < 1.29 is 14.3 Å². The topological polar surface area (TPSA) is 81.2 Å². The minimum Gasteiger partial charge on any atom is -0.465 e. The first-order chi connectivity index (χ1) is 10.0. The lowest BCUT2D eigenvalue weighted by atomic mass is 10.2. The average Bonchev–Trinajstić information content (AvgIpc) is 2.47. The van der Waals surface area contributed by atoms with E-state index in [4.69, 9.17) is 0 Å². The molecule has 1 heterocycles. The van der Waals surface area contributed by atoms with E-state index in [0.29, 0.717) is 28.3 Å². The van der Waals surface area contributed by atoms with Crippen LogP contribution in [0.3, 0.4) is 0 Å². The number of hydrogen-bond acceptors (Lipinski definition) is 5. The maximum Gasteiger partial charge on any atom is 0.337 e. The summed E-state index contributed by atoms with van der Waals surface area (Å²) in [5.74, 6) is -0.0968. The first kappa shape index (κ1) is 14.6. The van der Waals surface area contributed by atoms with Crippen LogP contribution in [0.5, 0.6) is 0 Å². The molecule has 0 bridgehead atoms. The van der Waals surface area contributed by atoms with Gasteiger partial charge in [-0.15, -0.1) is 0 Å². The van der Waals surface area contributed by atoms with Crippen LogP contribution in [0.1, 0.15) is 32.2 Å². The highest BCUT2D eigenvalue weighted by molar-refractivity contribution is 6.05. The Morgan fingerprint density at radius 3 is 2.38 bits per heavy atom. The lowest BCUT2D eigenvalue weighted by molar-refractivity contribution is 0.0600. The standard InChI is InChI=1S/C15H15N3O3/c1-9-13(8-16-10(2)17-9)14(19)18-12-6-4-11(5-7-12)15(20)21-3/h4-8H,1-3H3,(H,18,19). The van der Waals surface area contributed by atoms with Crippen molar-refractivity contribution in [1.82, 2.24) is 9.97 Å². The molecule has 1 aromatic carbocycles. The number of methoxy groups -OCH3 is 1. The summed E-state index contributed by atoms with van der Waals surface area (Å²) in [5.41, 5.74) is 2.03. The Hall–Kier alpha value is -2.76. The lowest BCUT2D eigenvalue weighted by Crippen LogP contribution is -2.15. The van der Waals surface area contributed by atoms with Gasteiger partial charge in [0.15, 0.2) is 0 Å². The molecule has 0 saturated carbocycles. The van der Waals surface area contributed by atoms with Gasteiger partial charge in [-0.1, -0.05) is 0 Å². The molecule has 1 amide bonds. The van der Waals surface area contributed by atoms with E-state index in [1.165, 1.54) is 13.3 Å². The second kappa shape index (κ2) is 6.13. The molecule has 0 saturated heterocycles. The van der Waals surface area contributed by atoms with Crippen molar-refractivity contribution in [2.45, 2.75) is 13.8 Å². The molecular weight excluding hydrogens is 270 g/mol. The smallest absolute Gasteiger partial charge is 0.337 e. The van der Waals surface area contributed by atoms with E-state index in [2.05, 4.69) is 20.0 Å². The summed E-state index contributed by atoms with van der Waals surface area (Å²) in [4.78, 5) is 31.6. The Kier molecular flexibility index (Phi) is 4.27. The zero-order chi connectivity index (χ0) is 15.4. The number of nitrogens with one attached hydrogen (secondary N) is 1. The van der Waals surface area contributed by atoms with Crippen LogP contribution in [0.25, 0.3) is 0 Å². The van der Waals surface area contributed by atoms with Gasteiger partial charge in [0.1, 0.15) is 5.82 Å². The Morgan fingerprint density at radius 2 is 1.81 bits per heavy atom. The van der Waals surface area contributed by atoms with Crippen LogP contribution >= 0.6 is 0 Å². The fourth-order valence-electron chi connectivity index (χ4n) is 1.81. The van der Waals surface area contributed by atoms with Crippen LogP contribution in [0.4, 0.5) is 5.69 Å². The molecule has 0 aliphatic rings. The van der Waals surface area contributed by atoms with Crippen LogP contribution in [-0.2, 0) is 4.74 Å². The van der Waals surface area contributed by atoms with Crippen LogP contribution in [0, 0.1) is 13.8 Å². The number of ether oxygens (including phenoxy) is 1. The SMILES string of the molecule is COC(=O)c1ccc(NC(=O)c2cnc(C)nc2C)cc1. The van der Waals surface area contributed by atoms with Crippen LogP contribution in [0.2, 0.25) is 0 Å². The molecule has 108 valence electrons. The van der Waals surface area contributed by atoms with E-state index in [1.54, 1.807) is 38.1 Å². The summed E-state index contributed by atoms with van der Waals surface area (Å²) in [6.07, 6.45) is 1.50. The van der Waals surface area contributed by atoms with Crippen molar-refractivity contribution in [3.05, 3.63) is 53.1 Å². The monoisotopic (exact) mass is 285 g/mol. The largest absolute Gasteiger partial charge is 0.465 e. The van der Waals surface area contributed by atoms with E-state index in [0.717, 1.165) is 0 Å². The highest BCUT2D eigenvalue weighted by atomic mass is 16.5. The summed E-state index contributed by atoms with van der Waals surface area (Å²) in [7, 11) is 1.32. The van der Waals surface area contributed by atoms with E-state index >= 15 is 0 Å². The maximum absolute atomic E-state index is 12.1. The molecule has 6 nitrogen and oxygen atoms in total. The number of benzene rings is 1. The third kappa shape index (κ3) is 3.42. The van der Waals surface area contributed by atoms with Gasteiger partial charge in [-0.25, -0.2) is 14.8 Å². The number of carbonyl (C=O) groups is 2. The molecule has 6 heteroatoms. The zero-order valence-electron chi connectivity index (χ0n) is 12.0. The van der Waals surface area contributed by atoms with Crippen molar-refractivity contribution in [2.24, 2.45) is 0 Å². The van der Waals surface area contributed by atoms with Gasteiger partial charge in [-0.05, 0) is 38.1 Å². The van der Waals surface area contributed by atoms with Crippen molar-refractivity contribution in [3.8, 4) is 0 Å². The normalized spacial score (nSPS) is 10.0. The lowest BCUT2D eigenvalue weighted by Gasteiger charge is -2.08. The van der Waals surface area contributed by atoms with Gasteiger partial charge < -0.3 is 10.1 Å². The molecule has 2 rings (SSSR count). The fraction of sp³-hybridized carbons (Fsp3) is 0.200. The van der Waals surface area contributed by atoms with Gasteiger partial charge in [0, 0.05) is 11.9 Å². The summed E-state index contributed by atoms with van der Waals surface area (Å²) in [6.45, 7) is 3.52.